The predicted molar refractivity (Wildman–Crippen MR) is 137 cm³/mol. The Morgan fingerprint density at radius 3 is 2.57 bits per heavy atom. The minimum absolute atomic E-state index is 0.0128. The lowest BCUT2D eigenvalue weighted by atomic mass is 9.70. The maximum atomic E-state index is 13.4. The van der Waals surface area contributed by atoms with Gasteiger partial charge in [-0.05, 0) is 23.1 Å². The van der Waals surface area contributed by atoms with Gasteiger partial charge in [-0.15, -0.1) is 0 Å². The third-order valence-corrected chi connectivity index (χ3v) is 7.01. The summed E-state index contributed by atoms with van der Waals surface area (Å²) >= 11 is 3.48. The highest BCUT2D eigenvalue weighted by atomic mass is 79.9. The predicted octanol–water partition coefficient (Wildman–Crippen LogP) is 5.81. The fourth-order valence-electron chi connectivity index (χ4n) is 4.92. The molecular weight excluding hydrogens is 504 g/mol. The summed E-state index contributed by atoms with van der Waals surface area (Å²) in [5.41, 5.74) is 10.3. The van der Waals surface area contributed by atoms with Crippen LogP contribution >= 0.6 is 15.9 Å². The normalized spacial score (nSPS) is 19.3. The van der Waals surface area contributed by atoms with Crippen LogP contribution in [-0.2, 0) is 16.1 Å². The Morgan fingerprint density at radius 1 is 1.17 bits per heavy atom. The molecule has 6 nitrogen and oxygen atoms in total. The number of hydrogen-bond donors (Lipinski definition) is 1. The highest BCUT2D eigenvalue weighted by Gasteiger charge is 2.44. The van der Waals surface area contributed by atoms with Crippen molar-refractivity contribution in [2.75, 3.05) is 0 Å². The van der Waals surface area contributed by atoms with Crippen molar-refractivity contribution in [3.05, 3.63) is 99.2 Å². The van der Waals surface area contributed by atoms with E-state index in [4.69, 9.17) is 15.6 Å². The van der Waals surface area contributed by atoms with E-state index in [0.29, 0.717) is 30.7 Å². The molecule has 2 N–H and O–H groups in total. The molecule has 0 spiro atoms. The van der Waals surface area contributed by atoms with Gasteiger partial charge in [0.05, 0.1) is 18.2 Å². The van der Waals surface area contributed by atoms with Crippen molar-refractivity contribution in [1.82, 2.24) is 9.78 Å². The van der Waals surface area contributed by atoms with Crippen LogP contribution in [-0.4, -0.2) is 15.6 Å². The molecule has 2 aromatic carbocycles. The van der Waals surface area contributed by atoms with E-state index in [2.05, 4.69) is 22.0 Å². The second-order valence-electron chi connectivity index (χ2n) is 9.83. The van der Waals surface area contributed by atoms with Crippen molar-refractivity contribution in [2.45, 2.75) is 39.2 Å². The summed E-state index contributed by atoms with van der Waals surface area (Å²) in [6, 6.07) is 20.1. The number of nitriles is 1. The third-order valence-electron chi connectivity index (χ3n) is 6.48. The molecule has 0 saturated carbocycles. The van der Waals surface area contributed by atoms with E-state index in [-0.39, 0.29) is 22.7 Å². The van der Waals surface area contributed by atoms with Crippen molar-refractivity contribution in [3.63, 3.8) is 0 Å². The molecule has 0 fully saturated rings. The van der Waals surface area contributed by atoms with Gasteiger partial charge in [0.1, 0.15) is 17.4 Å². The van der Waals surface area contributed by atoms with E-state index in [1.807, 2.05) is 79.3 Å². The minimum atomic E-state index is -0.624. The lowest BCUT2D eigenvalue weighted by molar-refractivity contribution is -0.119. The lowest BCUT2D eigenvalue weighted by Gasteiger charge is -2.37. The summed E-state index contributed by atoms with van der Waals surface area (Å²) in [5, 5.41) is 15.0. The molecule has 2 aliphatic rings. The summed E-state index contributed by atoms with van der Waals surface area (Å²) in [5.74, 6) is -0.0174. The molecule has 2 heterocycles. The monoisotopic (exact) mass is 528 g/mol. The second kappa shape index (κ2) is 8.86. The van der Waals surface area contributed by atoms with Gasteiger partial charge in [-0.3, -0.25) is 9.48 Å². The van der Waals surface area contributed by atoms with Crippen LogP contribution in [0, 0.1) is 16.7 Å². The first-order valence-electron chi connectivity index (χ1n) is 11.5. The van der Waals surface area contributed by atoms with E-state index in [9.17, 15) is 10.1 Å². The van der Waals surface area contributed by atoms with Crippen molar-refractivity contribution in [3.8, 4) is 17.3 Å². The maximum absolute atomic E-state index is 13.4. The largest absolute Gasteiger partial charge is 0.444 e. The van der Waals surface area contributed by atoms with E-state index in [0.717, 1.165) is 26.9 Å². The fourth-order valence-corrected chi connectivity index (χ4v) is 5.19. The standard InChI is InChI=1S/C28H25BrN4O2/c1-28(2)12-22(34)25-23(13-28)35-27(31)20(14-30)24(25)21-16-33(15-17-8-10-19(29)11-9-17)32-26(21)18-6-4-3-5-7-18/h3-11,16,24H,12-13,15,31H2,1-2H3/t24-/m1/s1. The second-order valence-corrected chi connectivity index (χ2v) is 10.7. The molecule has 0 radical (unpaired) electrons. The Balaban J connectivity index is 1.68. The number of hydrogen-bond acceptors (Lipinski definition) is 5. The number of aromatic nitrogens is 2. The van der Waals surface area contributed by atoms with Gasteiger partial charge in [-0.25, -0.2) is 0 Å². The number of Topliss-reactive ketones (excluding diaryl/α,β-unsaturated/α-hetero) is 1. The molecule has 1 aliphatic heterocycles. The average Bonchev–Trinajstić information content (AvgIpc) is 3.23. The van der Waals surface area contributed by atoms with Crippen LogP contribution in [0.5, 0.6) is 0 Å². The first kappa shape index (κ1) is 23.1. The Morgan fingerprint density at radius 2 is 1.89 bits per heavy atom. The van der Waals surface area contributed by atoms with Crippen molar-refractivity contribution in [1.29, 1.82) is 5.26 Å². The number of carbonyl (C=O) groups is 1. The number of carbonyl (C=O) groups excluding carboxylic acids is 1. The average molecular weight is 529 g/mol. The molecule has 5 rings (SSSR count). The van der Waals surface area contributed by atoms with E-state index >= 15 is 0 Å². The third kappa shape index (κ3) is 4.42. The summed E-state index contributed by atoms with van der Waals surface area (Å²) in [4.78, 5) is 13.4. The van der Waals surface area contributed by atoms with Crippen LogP contribution in [0.25, 0.3) is 11.3 Å². The van der Waals surface area contributed by atoms with E-state index < -0.39 is 5.92 Å². The topological polar surface area (TPSA) is 93.9 Å². The Labute approximate surface area is 212 Å². The van der Waals surface area contributed by atoms with Gasteiger partial charge in [0.25, 0.3) is 0 Å². The molecule has 176 valence electrons. The highest BCUT2D eigenvalue weighted by Crippen LogP contribution is 2.49. The molecular formula is C28H25BrN4O2. The summed E-state index contributed by atoms with van der Waals surface area (Å²) in [6.07, 6.45) is 2.90. The lowest BCUT2D eigenvalue weighted by Crippen LogP contribution is -2.33. The number of rotatable bonds is 4. The zero-order valence-electron chi connectivity index (χ0n) is 19.6. The van der Waals surface area contributed by atoms with Crippen molar-refractivity contribution < 1.29 is 9.53 Å². The molecule has 7 heteroatoms. The Bertz CT molecular complexity index is 1410. The minimum Gasteiger partial charge on any atom is -0.444 e. The molecule has 1 aromatic heterocycles. The molecule has 1 aliphatic carbocycles. The van der Waals surface area contributed by atoms with Gasteiger partial charge >= 0.3 is 0 Å². The van der Waals surface area contributed by atoms with Gasteiger partial charge in [0.15, 0.2) is 5.78 Å². The van der Waals surface area contributed by atoms with Gasteiger partial charge in [0, 0.05) is 40.2 Å². The van der Waals surface area contributed by atoms with E-state index in [1.54, 1.807) is 0 Å². The molecule has 0 unspecified atom stereocenters. The van der Waals surface area contributed by atoms with Crippen LogP contribution in [0.3, 0.4) is 0 Å². The molecule has 1 atom stereocenters. The molecule has 0 bridgehead atoms. The van der Waals surface area contributed by atoms with Crippen LogP contribution in [0.1, 0.15) is 43.7 Å². The maximum Gasteiger partial charge on any atom is 0.205 e. The number of allylic oxidation sites excluding steroid dienone is 3. The summed E-state index contributed by atoms with van der Waals surface area (Å²) < 4.78 is 8.74. The Kier molecular flexibility index (Phi) is 5.86. The van der Waals surface area contributed by atoms with Gasteiger partial charge < -0.3 is 10.5 Å². The fraction of sp³-hybridized carbons (Fsp3) is 0.250. The van der Waals surface area contributed by atoms with Gasteiger partial charge in [-0.2, -0.15) is 10.4 Å². The molecule has 0 amide bonds. The summed E-state index contributed by atoms with van der Waals surface area (Å²) in [7, 11) is 0. The number of nitrogens with two attached hydrogens (primary N) is 1. The number of halogens is 1. The number of benzene rings is 2. The first-order valence-corrected chi connectivity index (χ1v) is 12.3. The zero-order chi connectivity index (χ0) is 24.7. The molecule has 0 saturated heterocycles. The molecule has 35 heavy (non-hydrogen) atoms. The Hall–Kier alpha value is -3.63. The van der Waals surface area contributed by atoms with Crippen LogP contribution in [0.4, 0.5) is 0 Å². The number of ether oxygens (including phenoxy) is 1. The van der Waals surface area contributed by atoms with Crippen molar-refractivity contribution >= 4 is 21.7 Å². The van der Waals surface area contributed by atoms with Crippen LogP contribution < -0.4 is 5.73 Å². The van der Waals surface area contributed by atoms with Crippen LogP contribution in [0.15, 0.2) is 88.1 Å². The zero-order valence-corrected chi connectivity index (χ0v) is 21.2. The van der Waals surface area contributed by atoms with Crippen molar-refractivity contribution in [2.24, 2.45) is 11.1 Å². The van der Waals surface area contributed by atoms with Gasteiger partial charge in [-0.1, -0.05) is 72.2 Å². The van der Waals surface area contributed by atoms with Crippen LogP contribution in [0.2, 0.25) is 0 Å². The number of nitrogens with zero attached hydrogens (tertiary/aromatic N) is 3. The first-order chi connectivity index (χ1) is 16.8. The molecule has 3 aromatic rings. The van der Waals surface area contributed by atoms with Gasteiger partial charge in [0.2, 0.25) is 5.88 Å². The summed E-state index contributed by atoms with van der Waals surface area (Å²) in [6.45, 7) is 4.63. The number of ketones is 1. The highest BCUT2D eigenvalue weighted by molar-refractivity contribution is 9.10. The quantitative estimate of drug-likeness (QED) is 0.460. The smallest absolute Gasteiger partial charge is 0.205 e. The van der Waals surface area contributed by atoms with E-state index in [1.165, 1.54) is 0 Å². The SMILES string of the molecule is CC1(C)CC(=O)C2=C(C1)OC(N)=C(C#N)[C@@H]2c1cn(Cc2ccc(Br)cc2)nc1-c1ccccc1.